The Bertz CT molecular complexity index is 614. The molecule has 1 atom stereocenters. The highest BCUT2D eigenvalue weighted by Gasteiger charge is 2.33. The molecule has 7 nitrogen and oxygen atoms in total. The van der Waals surface area contributed by atoms with Crippen LogP contribution in [0.2, 0.25) is 0 Å². The van der Waals surface area contributed by atoms with Crippen LogP contribution in [0.5, 0.6) is 0 Å². The smallest absolute Gasteiger partial charge is 0.328 e. The predicted molar refractivity (Wildman–Crippen MR) is 80.2 cm³/mol. The van der Waals surface area contributed by atoms with E-state index in [-0.39, 0.29) is 17.9 Å². The minimum atomic E-state index is -0.611. The van der Waals surface area contributed by atoms with Gasteiger partial charge < -0.3 is 9.64 Å². The third-order valence-corrected chi connectivity index (χ3v) is 3.75. The van der Waals surface area contributed by atoms with Crippen LogP contribution in [0.4, 0.5) is 11.4 Å². The van der Waals surface area contributed by atoms with Crippen LogP contribution in [-0.2, 0) is 16.0 Å². The Morgan fingerprint density at radius 2 is 2.27 bits per heavy atom. The number of nitro groups is 1. The van der Waals surface area contributed by atoms with Gasteiger partial charge in [-0.3, -0.25) is 14.9 Å². The van der Waals surface area contributed by atoms with Crippen molar-refractivity contribution in [1.29, 1.82) is 0 Å². The summed E-state index contributed by atoms with van der Waals surface area (Å²) in [6, 6.07) is 2.29. The lowest BCUT2D eigenvalue weighted by molar-refractivity contribution is -0.384. The lowest BCUT2D eigenvalue weighted by Gasteiger charge is -2.34. The summed E-state index contributed by atoms with van der Waals surface area (Å²) in [6.07, 6.45) is 2.00. The zero-order valence-electron chi connectivity index (χ0n) is 12.6. The standard InChI is InChI=1S/C15H18N2O5/c1-3-22-15(19)10(2)16-6-4-5-12-7-11(9-18)8-13(14(12)16)17(20)21/h7-10H,3-6H2,1-2H3. The highest BCUT2D eigenvalue weighted by Crippen LogP contribution is 2.38. The van der Waals surface area contributed by atoms with Gasteiger partial charge in [-0.05, 0) is 38.3 Å². The second kappa shape index (κ2) is 6.55. The summed E-state index contributed by atoms with van der Waals surface area (Å²) in [5.41, 5.74) is 1.27. The molecule has 0 fully saturated rings. The summed E-state index contributed by atoms with van der Waals surface area (Å²) in [4.78, 5) is 35.5. The molecular formula is C15H18N2O5. The van der Waals surface area contributed by atoms with E-state index in [9.17, 15) is 19.7 Å². The predicted octanol–water partition coefficient (Wildman–Crippen LogP) is 2.11. The molecule has 0 bridgehead atoms. The number of esters is 1. The Morgan fingerprint density at radius 1 is 1.55 bits per heavy atom. The number of ether oxygens (including phenoxy) is 1. The Morgan fingerprint density at radius 3 is 2.86 bits per heavy atom. The zero-order valence-corrected chi connectivity index (χ0v) is 12.6. The molecule has 0 radical (unpaired) electrons. The molecule has 0 saturated carbocycles. The first-order chi connectivity index (χ1) is 10.5. The third-order valence-electron chi connectivity index (χ3n) is 3.75. The van der Waals surface area contributed by atoms with Crippen LogP contribution >= 0.6 is 0 Å². The Hall–Kier alpha value is -2.44. The fourth-order valence-electron chi connectivity index (χ4n) is 2.76. The molecule has 0 spiro atoms. The topological polar surface area (TPSA) is 89.8 Å². The van der Waals surface area contributed by atoms with E-state index < -0.39 is 16.9 Å². The molecule has 1 aromatic rings. The number of nitro benzene ring substituents is 1. The average molecular weight is 306 g/mol. The molecule has 0 N–H and O–H groups in total. The van der Waals surface area contributed by atoms with E-state index in [0.29, 0.717) is 24.9 Å². The van der Waals surface area contributed by atoms with Crippen LogP contribution in [0.25, 0.3) is 0 Å². The van der Waals surface area contributed by atoms with Crippen LogP contribution < -0.4 is 4.90 Å². The molecule has 2 rings (SSSR count). The molecule has 1 unspecified atom stereocenters. The average Bonchev–Trinajstić information content (AvgIpc) is 2.52. The number of anilines is 1. The Kier molecular flexibility index (Phi) is 4.75. The highest BCUT2D eigenvalue weighted by molar-refractivity contribution is 5.86. The van der Waals surface area contributed by atoms with Gasteiger partial charge in [0.25, 0.3) is 5.69 Å². The lowest BCUT2D eigenvalue weighted by atomic mass is 9.96. The first-order valence-corrected chi connectivity index (χ1v) is 7.19. The molecule has 1 aliphatic heterocycles. The fraction of sp³-hybridized carbons (Fsp3) is 0.467. The van der Waals surface area contributed by atoms with Gasteiger partial charge in [-0.25, -0.2) is 4.79 Å². The number of fused-ring (bicyclic) bond motifs is 1. The maximum Gasteiger partial charge on any atom is 0.328 e. The quantitative estimate of drug-likeness (QED) is 0.358. The van der Waals surface area contributed by atoms with Crippen molar-refractivity contribution in [3.05, 3.63) is 33.4 Å². The molecule has 0 saturated heterocycles. The molecule has 7 heteroatoms. The van der Waals surface area contributed by atoms with Crippen molar-refractivity contribution in [3.8, 4) is 0 Å². The van der Waals surface area contributed by atoms with Gasteiger partial charge in [0.1, 0.15) is 18.0 Å². The summed E-state index contributed by atoms with van der Waals surface area (Å²) in [7, 11) is 0. The molecule has 118 valence electrons. The number of hydrogen-bond acceptors (Lipinski definition) is 6. The first-order valence-electron chi connectivity index (χ1n) is 7.19. The van der Waals surface area contributed by atoms with Crippen LogP contribution in [0.15, 0.2) is 12.1 Å². The van der Waals surface area contributed by atoms with E-state index in [0.717, 1.165) is 12.0 Å². The van der Waals surface area contributed by atoms with Gasteiger partial charge in [0.15, 0.2) is 0 Å². The largest absolute Gasteiger partial charge is 0.464 e. The number of benzene rings is 1. The van der Waals surface area contributed by atoms with E-state index in [4.69, 9.17) is 4.74 Å². The summed E-state index contributed by atoms with van der Waals surface area (Å²) < 4.78 is 5.01. The molecule has 1 aliphatic rings. The number of rotatable bonds is 5. The molecule has 1 heterocycles. The zero-order chi connectivity index (χ0) is 16.3. The number of aldehydes is 1. The first kappa shape index (κ1) is 15.9. The normalized spacial score (nSPS) is 14.9. The van der Waals surface area contributed by atoms with Crippen molar-refractivity contribution in [2.75, 3.05) is 18.1 Å². The third kappa shape index (κ3) is 2.93. The molecule has 0 aromatic heterocycles. The number of nitrogens with zero attached hydrogens (tertiary/aromatic N) is 2. The number of carbonyl (C=O) groups is 2. The summed E-state index contributed by atoms with van der Waals surface area (Å²) in [6.45, 7) is 4.18. The van der Waals surface area contributed by atoms with Gasteiger partial charge in [0.2, 0.25) is 0 Å². The van der Waals surface area contributed by atoms with Crippen LogP contribution in [-0.4, -0.2) is 36.4 Å². The summed E-state index contributed by atoms with van der Waals surface area (Å²) in [5, 5.41) is 11.4. The van der Waals surface area contributed by atoms with E-state index in [1.807, 2.05) is 0 Å². The van der Waals surface area contributed by atoms with Gasteiger partial charge in [0, 0.05) is 18.2 Å². The highest BCUT2D eigenvalue weighted by atomic mass is 16.6. The fourth-order valence-corrected chi connectivity index (χ4v) is 2.76. The van der Waals surface area contributed by atoms with Crippen LogP contribution in [0.1, 0.15) is 36.2 Å². The monoisotopic (exact) mass is 306 g/mol. The van der Waals surface area contributed by atoms with Crippen LogP contribution in [0.3, 0.4) is 0 Å². The molecule has 0 amide bonds. The van der Waals surface area contributed by atoms with E-state index >= 15 is 0 Å². The van der Waals surface area contributed by atoms with E-state index in [1.54, 1.807) is 24.8 Å². The molecular weight excluding hydrogens is 288 g/mol. The van der Waals surface area contributed by atoms with Crippen molar-refractivity contribution in [1.82, 2.24) is 0 Å². The van der Waals surface area contributed by atoms with Gasteiger partial charge in [-0.15, -0.1) is 0 Å². The summed E-state index contributed by atoms with van der Waals surface area (Å²) >= 11 is 0. The van der Waals surface area contributed by atoms with Crippen molar-refractivity contribution >= 4 is 23.6 Å². The minimum absolute atomic E-state index is 0.143. The molecule has 1 aromatic carbocycles. The number of carbonyl (C=O) groups excluding carboxylic acids is 2. The lowest BCUT2D eigenvalue weighted by Crippen LogP contribution is -2.43. The van der Waals surface area contributed by atoms with E-state index in [1.165, 1.54) is 6.07 Å². The van der Waals surface area contributed by atoms with Gasteiger partial charge >= 0.3 is 5.97 Å². The van der Waals surface area contributed by atoms with Gasteiger partial charge in [-0.1, -0.05) is 0 Å². The Labute approximate surface area is 128 Å². The van der Waals surface area contributed by atoms with Crippen LogP contribution in [0, 0.1) is 10.1 Å². The van der Waals surface area contributed by atoms with Crippen molar-refractivity contribution in [3.63, 3.8) is 0 Å². The minimum Gasteiger partial charge on any atom is -0.464 e. The van der Waals surface area contributed by atoms with Crippen molar-refractivity contribution in [2.24, 2.45) is 0 Å². The Balaban J connectivity index is 2.50. The SMILES string of the molecule is CCOC(=O)C(C)N1CCCc2cc(C=O)cc([N+](=O)[O-])c21. The van der Waals surface area contributed by atoms with Crippen molar-refractivity contribution in [2.45, 2.75) is 32.7 Å². The molecule has 0 aliphatic carbocycles. The van der Waals surface area contributed by atoms with Gasteiger partial charge in [0.05, 0.1) is 11.5 Å². The molecule has 22 heavy (non-hydrogen) atoms. The van der Waals surface area contributed by atoms with Gasteiger partial charge in [-0.2, -0.15) is 0 Å². The van der Waals surface area contributed by atoms with Crippen molar-refractivity contribution < 1.29 is 19.2 Å². The second-order valence-corrected chi connectivity index (χ2v) is 5.15. The maximum atomic E-state index is 12.0. The summed E-state index contributed by atoms with van der Waals surface area (Å²) in [5.74, 6) is -0.413. The maximum absolute atomic E-state index is 12.0. The number of aryl methyl sites for hydroxylation is 1. The second-order valence-electron chi connectivity index (χ2n) is 5.15. The van der Waals surface area contributed by atoms with E-state index in [2.05, 4.69) is 0 Å². The number of hydrogen-bond donors (Lipinski definition) is 0.